The van der Waals surface area contributed by atoms with Gasteiger partial charge in [0.25, 0.3) is 0 Å². The molecule has 0 aliphatic rings. The highest BCUT2D eigenvalue weighted by Crippen LogP contribution is 2.01. The second kappa shape index (κ2) is 3.84. The Morgan fingerprint density at radius 1 is 1.38 bits per heavy atom. The molecule has 0 saturated heterocycles. The van der Waals surface area contributed by atoms with E-state index in [2.05, 4.69) is 0 Å². The van der Waals surface area contributed by atoms with Crippen LogP contribution in [0, 0.1) is 0 Å². The quantitative estimate of drug-likeness (QED) is 0.598. The number of nitrogens with two attached hydrogens (primary N) is 1. The Morgan fingerprint density at radius 3 is 2.00 bits per heavy atom. The van der Waals surface area contributed by atoms with E-state index in [0.29, 0.717) is 6.42 Å². The van der Waals surface area contributed by atoms with Crippen molar-refractivity contribution in [3.05, 3.63) is 0 Å². The van der Waals surface area contributed by atoms with Crippen LogP contribution < -0.4 is 5.73 Å². The summed E-state index contributed by atoms with van der Waals surface area (Å²) in [5, 5.41) is 0. The molecule has 2 heteroatoms. The van der Waals surface area contributed by atoms with E-state index in [-0.39, 0.29) is 6.04 Å². The largest absolute Gasteiger partial charge is 0.328 e. The lowest BCUT2D eigenvalue weighted by molar-refractivity contribution is 0.327. The SMILES string of the molecule is CC(N)CCC(C)F. The third-order valence-corrected chi connectivity index (χ3v) is 1.02. The van der Waals surface area contributed by atoms with Crippen LogP contribution >= 0.6 is 0 Å². The van der Waals surface area contributed by atoms with Gasteiger partial charge < -0.3 is 5.73 Å². The van der Waals surface area contributed by atoms with Crippen LogP contribution in [-0.4, -0.2) is 12.2 Å². The van der Waals surface area contributed by atoms with Gasteiger partial charge in [-0.3, -0.25) is 0 Å². The molecule has 0 radical (unpaired) electrons. The number of alkyl halides is 1. The van der Waals surface area contributed by atoms with Crippen LogP contribution in [0.15, 0.2) is 0 Å². The van der Waals surface area contributed by atoms with Crippen LogP contribution in [0.5, 0.6) is 0 Å². The van der Waals surface area contributed by atoms with Gasteiger partial charge in [-0.1, -0.05) is 0 Å². The van der Waals surface area contributed by atoms with E-state index in [4.69, 9.17) is 5.73 Å². The minimum atomic E-state index is -0.694. The van der Waals surface area contributed by atoms with Crippen molar-refractivity contribution in [2.24, 2.45) is 5.73 Å². The first-order valence-corrected chi connectivity index (χ1v) is 3.02. The summed E-state index contributed by atoms with van der Waals surface area (Å²) in [4.78, 5) is 0. The van der Waals surface area contributed by atoms with Crippen molar-refractivity contribution in [2.45, 2.75) is 38.9 Å². The number of hydrogen-bond donors (Lipinski definition) is 1. The topological polar surface area (TPSA) is 26.0 Å². The van der Waals surface area contributed by atoms with E-state index in [1.165, 1.54) is 0 Å². The molecule has 50 valence electrons. The summed E-state index contributed by atoms with van der Waals surface area (Å²) in [5.41, 5.74) is 5.37. The van der Waals surface area contributed by atoms with Gasteiger partial charge in [-0.05, 0) is 26.7 Å². The Morgan fingerprint density at radius 2 is 1.88 bits per heavy atom. The van der Waals surface area contributed by atoms with Gasteiger partial charge in [-0.2, -0.15) is 0 Å². The van der Waals surface area contributed by atoms with Gasteiger partial charge in [0.15, 0.2) is 0 Å². The van der Waals surface area contributed by atoms with E-state index in [1.807, 2.05) is 6.92 Å². The number of halogens is 1. The van der Waals surface area contributed by atoms with Crippen molar-refractivity contribution in [3.8, 4) is 0 Å². The minimum Gasteiger partial charge on any atom is -0.328 e. The maximum atomic E-state index is 12.0. The van der Waals surface area contributed by atoms with E-state index < -0.39 is 6.17 Å². The zero-order valence-electron chi connectivity index (χ0n) is 5.52. The zero-order chi connectivity index (χ0) is 6.57. The maximum absolute atomic E-state index is 12.0. The highest BCUT2D eigenvalue weighted by Gasteiger charge is 1.99. The summed E-state index contributed by atoms with van der Waals surface area (Å²) in [5.74, 6) is 0. The monoisotopic (exact) mass is 119 g/mol. The Balaban J connectivity index is 2.93. The third kappa shape index (κ3) is 5.89. The predicted molar refractivity (Wildman–Crippen MR) is 33.5 cm³/mol. The summed E-state index contributed by atoms with van der Waals surface area (Å²) >= 11 is 0. The normalized spacial score (nSPS) is 18.0. The molecule has 0 aromatic heterocycles. The van der Waals surface area contributed by atoms with Crippen molar-refractivity contribution in [1.29, 1.82) is 0 Å². The third-order valence-electron chi connectivity index (χ3n) is 1.02. The molecule has 0 spiro atoms. The van der Waals surface area contributed by atoms with Crippen molar-refractivity contribution < 1.29 is 4.39 Å². The molecule has 0 amide bonds. The average molecular weight is 119 g/mol. The smallest absolute Gasteiger partial charge is 0.0974 e. The molecule has 0 rings (SSSR count). The highest BCUT2D eigenvalue weighted by molar-refractivity contribution is 4.55. The molecule has 0 fully saturated rings. The summed E-state index contributed by atoms with van der Waals surface area (Å²) in [6.45, 7) is 3.45. The van der Waals surface area contributed by atoms with Crippen molar-refractivity contribution in [1.82, 2.24) is 0 Å². The van der Waals surface area contributed by atoms with Crippen LogP contribution in [0.4, 0.5) is 4.39 Å². The average Bonchev–Trinajstić information content (AvgIpc) is 1.61. The Labute approximate surface area is 50.1 Å². The lowest BCUT2D eigenvalue weighted by atomic mass is 10.1. The van der Waals surface area contributed by atoms with Gasteiger partial charge in [0.1, 0.15) is 0 Å². The fourth-order valence-electron chi connectivity index (χ4n) is 0.493. The Bertz CT molecular complexity index is 44.5. The van der Waals surface area contributed by atoms with Crippen molar-refractivity contribution in [3.63, 3.8) is 0 Å². The standard InChI is InChI=1S/C6H14FN/c1-5(7)3-4-6(2)8/h5-6H,3-4,8H2,1-2H3. The zero-order valence-corrected chi connectivity index (χ0v) is 5.52. The van der Waals surface area contributed by atoms with Gasteiger partial charge in [0, 0.05) is 6.04 Å². The number of hydrogen-bond acceptors (Lipinski definition) is 1. The molecule has 0 heterocycles. The van der Waals surface area contributed by atoms with Gasteiger partial charge >= 0.3 is 0 Å². The summed E-state index contributed by atoms with van der Waals surface area (Å²) in [6, 6.07) is 0.146. The minimum absolute atomic E-state index is 0.146. The summed E-state index contributed by atoms with van der Waals surface area (Å²) < 4.78 is 12.0. The van der Waals surface area contributed by atoms with Crippen molar-refractivity contribution in [2.75, 3.05) is 0 Å². The molecule has 0 saturated carbocycles. The molecule has 1 nitrogen and oxygen atoms in total. The van der Waals surface area contributed by atoms with E-state index in [0.717, 1.165) is 6.42 Å². The number of rotatable bonds is 3. The fourth-order valence-corrected chi connectivity index (χ4v) is 0.493. The van der Waals surface area contributed by atoms with Gasteiger partial charge in [-0.25, -0.2) is 4.39 Å². The van der Waals surface area contributed by atoms with E-state index in [1.54, 1.807) is 6.92 Å². The van der Waals surface area contributed by atoms with E-state index in [9.17, 15) is 4.39 Å². The van der Waals surface area contributed by atoms with Crippen LogP contribution in [0.3, 0.4) is 0 Å². The Hall–Kier alpha value is -0.110. The molecular weight excluding hydrogens is 105 g/mol. The molecule has 2 N–H and O–H groups in total. The molecule has 0 bridgehead atoms. The molecule has 2 unspecified atom stereocenters. The van der Waals surface area contributed by atoms with Crippen LogP contribution in [-0.2, 0) is 0 Å². The summed E-state index contributed by atoms with van der Waals surface area (Å²) in [7, 11) is 0. The second-order valence-electron chi connectivity index (χ2n) is 2.34. The van der Waals surface area contributed by atoms with Crippen LogP contribution in [0.1, 0.15) is 26.7 Å². The molecule has 0 aromatic carbocycles. The van der Waals surface area contributed by atoms with E-state index >= 15 is 0 Å². The maximum Gasteiger partial charge on any atom is 0.0974 e. The van der Waals surface area contributed by atoms with Gasteiger partial charge in [0.2, 0.25) is 0 Å². The first-order valence-electron chi connectivity index (χ1n) is 3.02. The fraction of sp³-hybridized carbons (Fsp3) is 1.00. The van der Waals surface area contributed by atoms with Crippen molar-refractivity contribution >= 4 is 0 Å². The van der Waals surface area contributed by atoms with Crippen LogP contribution in [0.25, 0.3) is 0 Å². The van der Waals surface area contributed by atoms with Gasteiger partial charge in [0.05, 0.1) is 6.17 Å². The highest BCUT2D eigenvalue weighted by atomic mass is 19.1. The Kier molecular flexibility index (Phi) is 3.79. The first-order chi connectivity index (χ1) is 3.63. The molecule has 8 heavy (non-hydrogen) atoms. The predicted octanol–water partition coefficient (Wildman–Crippen LogP) is 1.47. The molecule has 0 aliphatic carbocycles. The molecular formula is C6H14FN. The summed E-state index contributed by atoms with van der Waals surface area (Å²) in [6.07, 6.45) is 0.691. The lowest BCUT2D eigenvalue weighted by Gasteiger charge is -2.03. The second-order valence-corrected chi connectivity index (χ2v) is 2.34. The molecule has 0 aromatic rings. The lowest BCUT2D eigenvalue weighted by Crippen LogP contribution is -2.15. The van der Waals surface area contributed by atoms with Gasteiger partial charge in [-0.15, -0.1) is 0 Å². The molecule has 2 atom stereocenters. The first kappa shape index (κ1) is 7.89. The van der Waals surface area contributed by atoms with Crippen LogP contribution in [0.2, 0.25) is 0 Å². The molecule has 0 aliphatic heterocycles.